The van der Waals surface area contributed by atoms with Gasteiger partial charge in [-0.1, -0.05) is 26.0 Å². The lowest BCUT2D eigenvalue weighted by Crippen LogP contribution is -2.41. The minimum atomic E-state index is -0.513. The molecule has 2 amide bonds. The van der Waals surface area contributed by atoms with Crippen LogP contribution in [0.25, 0.3) is 0 Å². The maximum Gasteiger partial charge on any atom is 0.231 e. The topological polar surface area (TPSA) is 75.4 Å². The Morgan fingerprint density at radius 3 is 2.23 bits per heavy atom. The molecule has 1 aliphatic rings. The monoisotopic (exact) mass is 399 g/mol. The van der Waals surface area contributed by atoms with E-state index < -0.39 is 5.41 Å². The van der Waals surface area contributed by atoms with Gasteiger partial charge in [0.2, 0.25) is 11.8 Å². The van der Waals surface area contributed by atoms with E-state index in [2.05, 4.69) is 5.32 Å². The second kappa shape index (κ2) is 10.8. The van der Waals surface area contributed by atoms with Gasteiger partial charge >= 0.3 is 0 Å². The molecule has 7 heteroatoms. The summed E-state index contributed by atoms with van der Waals surface area (Å²) in [6.07, 6.45) is 1.84. The van der Waals surface area contributed by atoms with E-state index in [9.17, 15) is 9.59 Å². The van der Waals surface area contributed by atoms with E-state index in [-0.39, 0.29) is 24.2 Å². The van der Waals surface area contributed by atoms with Crippen molar-refractivity contribution in [2.45, 2.75) is 33.1 Å². The van der Waals surface area contributed by atoms with Crippen LogP contribution in [0.2, 0.25) is 0 Å². The van der Waals surface area contributed by atoms with Crippen molar-refractivity contribution < 1.29 is 9.59 Å². The molecule has 1 aliphatic heterocycles. The van der Waals surface area contributed by atoms with E-state index in [1.807, 2.05) is 54.8 Å². The highest BCUT2D eigenvalue weighted by molar-refractivity contribution is 7.99. The molecular formula is C19H30ClN3O2S. The molecule has 0 bridgehead atoms. The highest BCUT2D eigenvalue weighted by Crippen LogP contribution is 2.27. The van der Waals surface area contributed by atoms with Gasteiger partial charge in [-0.25, -0.2) is 0 Å². The highest BCUT2D eigenvalue weighted by Gasteiger charge is 2.33. The van der Waals surface area contributed by atoms with Gasteiger partial charge in [0, 0.05) is 36.8 Å². The Labute approximate surface area is 166 Å². The normalized spacial score (nSPS) is 14.5. The van der Waals surface area contributed by atoms with Crippen LogP contribution in [0.5, 0.6) is 0 Å². The average Bonchev–Trinajstić information content (AvgIpc) is 2.66. The molecule has 0 radical (unpaired) electrons. The molecule has 1 aromatic rings. The molecule has 146 valence electrons. The van der Waals surface area contributed by atoms with Crippen LogP contribution in [-0.4, -0.2) is 47.9 Å². The Hall–Kier alpha value is -1.24. The Kier molecular flexibility index (Phi) is 9.47. The minimum absolute atomic E-state index is 0. The van der Waals surface area contributed by atoms with Gasteiger partial charge in [-0.05, 0) is 30.5 Å². The predicted octanol–water partition coefficient (Wildman–Crippen LogP) is 2.93. The Morgan fingerprint density at radius 1 is 1.15 bits per heavy atom. The molecule has 3 N–H and O–H groups in total. The fourth-order valence-corrected chi connectivity index (χ4v) is 3.92. The molecule has 1 heterocycles. The SMILES string of the molecule is CCC(CC)(CN)C(=O)Nc1ccc(CC(=O)N2CCSCC2)cc1.Cl. The van der Waals surface area contributed by atoms with Crippen LogP contribution >= 0.6 is 24.2 Å². The standard InChI is InChI=1S/C19H29N3O2S.ClH/c1-3-19(4-2,14-20)18(24)21-16-7-5-15(6-8-16)13-17(23)22-9-11-25-12-10-22;/h5-8H,3-4,9-14,20H2,1-2H3,(H,21,24);1H. The summed E-state index contributed by atoms with van der Waals surface area (Å²) in [4.78, 5) is 26.8. The van der Waals surface area contributed by atoms with Gasteiger partial charge in [-0.2, -0.15) is 11.8 Å². The van der Waals surface area contributed by atoms with Crippen molar-refractivity contribution in [3.63, 3.8) is 0 Å². The van der Waals surface area contributed by atoms with E-state index in [0.717, 1.165) is 35.8 Å². The van der Waals surface area contributed by atoms with Gasteiger partial charge in [-0.15, -0.1) is 12.4 Å². The van der Waals surface area contributed by atoms with Crippen LogP contribution < -0.4 is 11.1 Å². The van der Waals surface area contributed by atoms with Crippen molar-refractivity contribution in [1.29, 1.82) is 0 Å². The Balaban J connectivity index is 0.00000338. The number of rotatable bonds is 7. The lowest BCUT2D eigenvalue weighted by Gasteiger charge is -2.28. The molecule has 1 fully saturated rings. The fraction of sp³-hybridized carbons (Fsp3) is 0.579. The van der Waals surface area contributed by atoms with Crippen LogP contribution in [0.15, 0.2) is 24.3 Å². The highest BCUT2D eigenvalue weighted by atomic mass is 35.5. The van der Waals surface area contributed by atoms with Crippen molar-refractivity contribution in [1.82, 2.24) is 4.90 Å². The maximum atomic E-state index is 12.5. The first-order chi connectivity index (χ1) is 12.0. The van der Waals surface area contributed by atoms with Gasteiger partial charge in [0.25, 0.3) is 0 Å². The molecule has 0 aliphatic carbocycles. The maximum absolute atomic E-state index is 12.5. The number of anilines is 1. The molecule has 2 rings (SSSR count). The third-order valence-corrected chi connectivity index (χ3v) is 6.10. The molecule has 0 saturated carbocycles. The number of carbonyl (C=O) groups excluding carboxylic acids is 2. The zero-order valence-electron chi connectivity index (χ0n) is 15.6. The van der Waals surface area contributed by atoms with Gasteiger partial charge < -0.3 is 16.0 Å². The largest absolute Gasteiger partial charge is 0.341 e. The van der Waals surface area contributed by atoms with Crippen molar-refractivity contribution in [3.8, 4) is 0 Å². The summed E-state index contributed by atoms with van der Waals surface area (Å²) in [6.45, 7) is 6.00. The van der Waals surface area contributed by atoms with Crippen molar-refractivity contribution in [2.24, 2.45) is 11.1 Å². The van der Waals surface area contributed by atoms with Gasteiger partial charge in [0.15, 0.2) is 0 Å². The number of benzene rings is 1. The van der Waals surface area contributed by atoms with Gasteiger partial charge in [0.05, 0.1) is 11.8 Å². The van der Waals surface area contributed by atoms with Crippen molar-refractivity contribution in [3.05, 3.63) is 29.8 Å². The number of nitrogens with zero attached hydrogens (tertiary/aromatic N) is 1. The van der Waals surface area contributed by atoms with Crippen LogP contribution in [0.3, 0.4) is 0 Å². The summed E-state index contributed by atoms with van der Waals surface area (Å²) in [7, 11) is 0. The zero-order chi connectivity index (χ0) is 18.3. The molecular weight excluding hydrogens is 370 g/mol. The van der Waals surface area contributed by atoms with Crippen LogP contribution in [0.1, 0.15) is 32.3 Å². The lowest BCUT2D eigenvalue weighted by molar-refractivity contribution is -0.130. The van der Waals surface area contributed by atoms with E-state index in [4.69, 9.17) is 5.73 Å². The number of hydrogen-bond donors (Lipinski definition) is 2. The van der Waals surface area contributed by atoms with Crippen LogP contribution in [0.4, 0.5) is 5.69 Å². The lowest BCUT2D eigenvalue weighted by atomic mass is 9.81. The number of nitrogens with one attached hydrogen (secondary N) is 1. The second-order valence-electron chi connectivity index (χ2n) is 6.51. The first kappa shape index (κ1) is 22.8. The van der Waals surface area contributed by atoms with E-state index in [1.165, 1.54) is 0 Å². The van der Waals surface area contributed by atoms with Crippen LogP contribution in [0, 0.1) is 5.41 Å². The number of halogens is 1. The van der Waals surface area contributed by atoms with Crippen molar-refractivity contribution >= 4 is 41.7 Å². The average molecular weight is 400 g/mol. The summed E-state index contributed by atoms with van der Waals surface area (Å²) in [5.41, 5.74) is 7.03. The summed E-state index contributed by atoms with van der Waals surface area (Å²) >= 11 is 1.89. The molecule has 0 atom stereocenters. The van der Waals surface area contributed by atoms with Gasteiger partial charge in [0.1, 0.15) is 0 Å². The molecule has 0 aromatic heterocycles. The Bertz CT molecular complexity index is 577. The molecule has 0 spiro atoms. The summed E-state index contributed by atoms with van der Waals surface area (Å²) in [5.74, 6) is 2.19. The zero-order valence-corrected chi connectivity index (χ0v) is 17.3. The summed E-state index contributed by atoms with van der Waals surface area (Å²) < 4.78 is 0. The number of carbonyl (C=O) groups is 2. The third-order valence-electron chi connectivity index (χ3n) is 5.16. The van der Waals surface area contributed by atoms with E-state index >= 15 is 0 Å². The predicted molar refractivity (Wildman–Crippen MR) is 112 cm³/mol. The first-order valence-electron chi connectivity index (χ1n) is 9.00. The van der Waals surface area contributed by atoms with E-state index in [1.54, 1.807) is 0 Å². The molecule has 26 heavy (non-hydrogen) atoms. The van der Waals surface area contributed by atoms with Crippen molar-refractivity contribution in [2.75, 3.05) is 36.5 Å². The molecule has 1 saturated heterocycles. The molecule has 0 unspecified atom stereocenters. The van der Waals surface area contributed by atoms with E-state index in [0.29, 0.717) is 25.8 Å². The fourth-order valence-electron chi connectivity index (χ4n) is 3.02. The summed E-state index contributed by atoms with van der Waals surface area (Å²) in [6, 6.07) is 7.54. The van der Waals surface area contributed by atoms with Crippen LogP contribution in [-0.2, 0) is 16.0 Å². The number of thioether (sulfide) groups is 1. The molecule has 1 aromatic carbocycles. The number of hydrogen-bond acceptors (Lipinski definition) is 4. The minimum Gasteiger partial charge on any atom is -0.341 e. The second-order valence-corrected chi connectivity index (χ2v) is 7.74. The Morgan fingerprint density at radius 2 is 1.73 bits per heavy atom. The third kappa shape index (κ3) is 5.63. The molecule has 5 nitrogen and oxygen atoms in total. The first-order valence-corrected chi connectivity index (χ1v) is 10.2. The summed E-state index contributed by atoms with van der Waals surface area (Å²) in [5, 5.41) is 2.96. The number of nitrogens with two attached hydrogens (primary N) is 1. The van der Waals surface area contributed by atoms with Gasteiger partial charge in [-0.3, -0.25) is 9.59 Å². The number of amides is 2. The smallest absolute Gasteiger partial charge is 0.231 e. The quantitative estimate of drug-likeness (QED) is 0.739.